The zero-order valence-corrected chi connectivity index (χ0v) is 6.15. The normalized spacial score (nSPS) is 10.3. The van der Waals surface area contributed by atoms with E-state index in [4.69, 9.17) is 10.2 Å². The molecule has 2 aromatic heterocycles. The summed E-state index contributed by atoms with van der Waals surface area (Å²) in [4.78, 5) is 14.6. The molecule has 2 rings (SSSR count). The lowest BCUT2D eigenvalue weighted by atomic mass is 10.3. The van der Waals surface area contributed by atoms with Gasteiger partial charge in [0, 0.05) is 17.8 Å². The van der Waals surface area contributed by atoms with Crippen molar-refractivity contribution >= 4 is 16.9 Å². The number of pyridine rings is 1. The Morgan fingerprint density at radius 2 is 2.42 bits per heavy atom. The molecular weight excluding hydrogens is 156 g/mol. The quantitative estimate of drug-likeness (QED) is 0.678. The SMILES string of the molecule is NC(=O)c1cc2cnccc2o1. The van der Waals surface area contributed by atoms with Gasteiger partial charge in [-0.25, -0.2) is 0 Å². The van der Waals surface area contributed by atoms with Crippen LogP contribution in [0, 0.1) is 0 Å². The van der Waals surface area contributed by atoms with E-state index in [9.17, 15) is 4.79 Å². The molecule has 4 nitrogen and oxygen atoms in total. The topological polar surface area (TPSA) is 69.1 Å². The van der Waals surface area contributed by atoms with Crippen molar-refractivity contribution < 1.29 is 9.21 Å². The monoisotopic (exact) mass is 162 g/mol. The molecule has 0 aliphatic heterocycles. The zero-order chi connectivity index (χ0) is 8.55. The van der Waals surface area contributed by atoms with E-state index in [1.165, 1.54) is 0 Å². The smallest absolute Gasteiger partial charge is 0.284 e. The van der Waals surface area contributed by atoms with Crippen LogP contribution in [-0.4, -0.2) is 10.9 Å². The summed E-state index contributed by atoms with van der Waals surface area (Å²) in [5, 5.41) is 0.784. The molecule has 0 atom stereocenters. The molecule has 0 aliphatic rings. The third-order valence-corrected chi connectivity index (χ3v) is 1.56. The number of rotatable bonds is 1. The Bertz CT molecular complexity index is 400. The maximum atomic E-state index is 10.7. The number of fused-ring (bicyclic) bond motifs is 1. The number of primary amides is 1. The Kier molecular flexibility index (Phi) is 1.33. The summed E-state index contributed by atoms with van der Waals surface area (Å²) in [5.74, 6) is -0.399. The minimum Gasteiger partial charge on any atom is -0.451 e. The summed E-state index contributed by atoms with van der Waals surface area (Å²) >= 11 is 0. The summed E-state index contributed by atoms with van der Waals surface area (Å²) in [5.41, 5.74) is 5.65. The third kappa shape index (κ3) is 0.934. The first-order valence-electron chi connectivity index (χ1n) is 3.41. The van der Waals surface area contributed by atoms with E-state index >= 15 is 0 Å². The standard InChI is InChI=1S/C8H6N2O2/c9-8(11)7-3-5-4-10-2-1-6(5)12-7/h1-4H,(H2,9,11). The Labute approximate surface area is 68.0 Å². The maximum absolute atomic E-state index is 10.7. The predicted molar refractivity (Wildman–Crippen MR) is 42.5 cm³/mol. The van der Waals surface area contributed by atoms with Crippen molar-refractivity contribution in [2.24, 2.45) is 5.73 Å². The van der Waals surface area contributed by atoms with Gasteiger partial charge in [-0.1, -0.05) is 0 Å². The highest BCUT2D eigenvalue weighted by Gasteiger charge is 2.07. The second kappa shape index (κ2) is 2.34. The first-order chi connectivity index (χ1) is 5.77. The fourth-order valence-corrected chi connectivity index (χ4v) is 1.01. The van der Waals surface area contributed by atoms with E-state index < -0.39 is 5.91 Å². The molecule has 0 unspecified atom stereocenters. The van der Waals surface area contributed by atoms with Crippen LogP contribution >= 0.6 is 0 Å². The van der Waals surface area contributed by atoms with Crippen LogP contribution < -0.4 is 5.73 Å². The molecule has 0 spiro atoms. The van der Waals surface area contributed by atoms with E-state index in [1.807, 2.05) is 0 Å². The van der Waals surface area contributed by atoms with Gasteiger partial charge in [0.1, 0.15) is 5.58 Å². The van der Waals surface area contributed by atoms with Gasteiger partial charge in [-0.05, 0) is 12.1 Å². The van der Waals surface area contributed by atoms with Crippen molar-refractivity contribution in [2.75, 3.05) is 0 Å². The first kappa shape index (κ1) is 6.84. The summed E-state index contributed by atoms with van der Waals surface area (Å²) in [6, 6.07) is 3.26. The Morgan fingerprint density at radius 3 is 3.08 bits per heavy atom. The molecule has 0 saturated heterocycles. The predicted octanol–water partition coefficient (Wildman–Crippen LogP) is 0.927. The highest BCUT2D eigenvalue weighted by Crippen LogP contribution is 2.16. The number of hydrogen-bond acceptors (Lipinski definition) is 3. The largest absolute Gasteiger partial charge is 0.451 e. The van der Waals surface area contributed by atoms with Gasteiger partial charge in [-0.2, -0.15) is 0 Å². The van der Waals surface area contributed by atoms with Crippen LogP contribution in [0.3, 0.4) is 0 Å². The van der Waals surface area contributed by atoms with Gasteiger partial charge >= 0.3 is 0 Å². The van der Waals surface area contributed by atoms with Crippen molar-refractivity contribution in [3.05, 3.63) is 30.3 Å². The molecule has 1 amide bonds. The fourth-order valence-electron chi connectivity index (χ4n) is 1.01. The number of hydrogen-bond donors (Lipinski definition) is 1. The van der Waals surface area contributed by atoms with E-state index in [2.05, 4.69) is 4.98 Å². The summed E-state index contributed by atoms with van der Waals surface area (Å²) in [7, 11) is 0. The molecule has 12 heavy (non-hydrogen) atoms. The van der Waals surface area contributed by atoms with Crippen LogP contribution in [-0.2, 0) is 0 Å². The highest BCUT2D eigenvalue weighted by atomic mass is 16.3. The lowest BCUT2D eigenvalue weighted by Gasteiger charge is -1.83. The molecule has 60 valence electrons. The van der Waals surface area contributed by atoms with Crippen LogP contribution in [0.2, 0.25) is 0 Å². The maximum Gasteiger partial charge on any atom is 0.284 e. The van der Waals surface area contributed by atoms with Crippen LogP contribution in [0.5, 0.6) is 0 Å². The van der Waals surface area contributed by atoms with Crippen LogP contribution in [0.25, 0.3) is 11.0 Å². The number of carbonyl (C=O) groups is 1. The molecule has 0 bridgehead atoms. The lowest BCUT2D eigenvalue weighted by Crippen LogP contribution is -2.08. The van der Waals surface area contributed by atoms with E-state index in [0.29, 0.717) is 5.58 Å². The number of nitrogens with two attached hydrogens (primary N) is 1. The molecule has 0 aromatic carbocycles. The first-order valence-corrected chi connectivity index (χ1v) is 3.41. The van der Waals surface area contributed by atoms with Crippen molar-refractivity contribution in [2.45, 2.75) is 0 Å². The average Bonchev–Trinajstić information content (AvgIpc) is 2.46. The van der Waals surface area contributed by atoms with Crippen LogP contribution in [0.4, 0.5) is 0 Å². The molecule has 0 saturated carbocycles. The van der Waals surface area contributed by atoms with Crippen molar-refractivity contribution in [1.29, 1.82) is 0 Å². The van der Waals surface area contributed by atoms with Gasteiger partial charge < -0.3 is 10.2 Å². The molecule has 0 fully saturated rings. The number of furan rings is 1. The van der Waals surface area contributed by atoms with Gasteiger partial charge in [0.25, 0.3) is 5.91 Å². The average molecular weight is 162 g/mol. The third-order valence-electron chi connectivity index (χ3n) is 1.56. The fraction of sp³-hybridized carbons (Fsp3) is 0. The Hall–Kier alpha value is -1.84. The number of amides is 1. The van der Waals surface area contributed by atoms with E-state index in [1.54, 1.807) is 24.5 Å². The number of carbonyl (C=O) groups excluding carboxylic acids is 1. The van der Waals surface area contributed by atoms with E-state index in [0.717, 1.165) is 5.39 Å². The summed E-state index contributed by atoms with van der Waals surface area (Å²) in [6.45, 7) is 0. The number of nitrogens with zero attached hydrogens (tertiary/aromatic N) is 1. The molecular formula is C8H6N2O2. The van der Waals surface area contributed by atoms with Gasteiger partial charge in [-0.3, -0.25) is 9.78 Å². The summed E-state index contributed by atoms with van der Waals surface area (Å²) < 4.78 is 5.11. The van der Waals surface area contributed by atoms with Gasteiger partial charge in [0.05, 0.1) is 0 Å². The minimum absolute atomic E-state index is 0.165. The summed E-state index contributed by atoms with van der Waals surface area (Å²) in [6.07, 6.45) is 3.21. The van der Waals surface area contributed by atoms with Crippen LogP contribution in [0.1, 0.15) is 10.6 Å². The minimum atomic E-state index is -0.564. The molecule has 4 heteroatoms. The second-order valence-electron chi connectivity index (χ2n) is 2.39. The van der Waals surface area contributed by atoms with E-state index in [-0.39, 0.29) is 5.76 Å². The van der Waals surface area contributed by atoms with Gasteiger partial charge in [-0.15, -0.1) is 0 Å². The van der Waals surface area contributed by atoms with Crippen molar-refractivity contribution in [3.63, 3.8) is 0 Å². The lowest BCUT2D eigenvalue weighted by molar-refractivity contribution is 0.0976. The Morgan fingerprint density at radius 1 is 1.58 bits per heavy atom. The zero-order valence-electron chi connectivity index (χ0n) is 6.15. The second-order valence-corrected chi connectivity index (χ2v) is 2.39. The van der Waals surface area contributed by atoms with Crippen LogP contribution in [0.15, 0.2) is 28.9 Å². The molecule has 0 aliphatic carbocycles. The molecule has 2 heterocycles. The molecule has 2 aromatic rings. The Balaban J connectivity index is 2.70. The highest BCUT2D eigenvalue weighted by molar-refractivity contribution is 5.94. The molecule has 2 N–H and O–H groups in total. The van der Waals surface area contributed by atoms with Gasteiger partial charge in [0.2, 0.25) is 0 Å². The van der Waals surface area contributed by atoms with Crippen molar-refractivity contribution in [3.8, 4) is 0 Å². The van der Waals surface area contributed by atoms with Crippen molar-refractivity contribution in [1.82, 2.24) is 4.98 Å². The molecule has 0 radical (unpaired) electrons. The van der Waals surface area contributed by atoms with Gasteiger partial charge in [0.15, 0.2) is 5.76 Å². The number of aromatic nitrogens is 1.